The fraction of sp³-hybridized carbons (Fsp3) is 0.136. The second kappa shape index (κ2) is 6.68. The van der Waals surface area contributed by atoms with Gasteiger partial charge in [-0.2, -0.15) is 5.10 Å². The van der Waals surface area contributed by atoms with E-state index in [4.69, 9.17) is 9.72 Å². The van der Waals surface area contributed by atoms with Gasteiger partial charge in [0.1, 0.15) is 0 Å². The van der Waals surface area contributed by atoms with E-state index in [9.17, 15) is 4.79 Å². The standard InChI is InChI=1S/C22H19N3O2/c1-14-9-10-20-17(11-14)18(22(26)27-3)12-21(24-20)19-13-23-25(15(19)2)16-7-5-4-6-8-16/h4-13H,1-3H3. The molecule has 0 amide bonds. The highest BCUT2D eigenvalue weighted by molar-refractivity contribution is 6.04. The summed E-state index contributed by atoms with van der Waals surface area (Å²) in [6.45, 7) is 3.98. The summed E-state index contributed by atoms with van der Waals surface area (Å²) >= 11 is 0. The number of carbonyl (C=O) groups is 1. The Balaban J connectivity index is 1.91. The molecule has 0 aliphatic rings. The predicted molar refractivity (Wildman–Crippen MR) is 105 cm³/mol. The number of aromatic nitrogens is 3. The number of fused-ring (bicyclic) bond motifs is 1. The van der Waals surface area contributed by atoms with Crippen molar-refractivity contribution in [2.24, 2.45) is 0 Å². The van der Waals surface area contributed by atoms with Crippen molar-refractivity contribution in [3.8, 4) is 16.9 Å². The lowest BCUT2D eigenvalue weighted by Crippen LogP contribution is -2.04. The quantitative estimate of drug-likeness (QED) is 0.507. The number of benzene rings is 2. The largest absolute Gasteiger partial charge is 0.465 e. The Labute approximate surface area is 157 Å². The summed E-state index contributed by atoms with van der Waals surface area (Å²) in [7, 11) is 1.39. The summed E-state index contributed by atoms with van der Waals surface area (Å²) in [5.74, 6) is -0.373. The van der Waals surface area contributed by atoms with Crippen LogP contribution in [0.15, 0.2) is 60.8 Å². The molecule has 5 nitrogen and oxygen atoms in total. The number of nitrogens with zero attached hydrogens (tertiary/aromatic N) is 3. The highest BCUT2D eigenvalue weighted by Gasteiger charge is 2.17. The van der Waals surface area contributed by atoms with E-state index in [0.29, 0.717) is 11.3 Å². The van der Waals surface area contributed by atoms with Gasteiger partial charge in [-0.1, -0.05) is 29.8 Å². The van der Waals surface area contributed by atoms with Gasteiger partial charge in [0.05, 0.1) is 41.5 Å². The highest BCUT2D eigenvalue weighted by atomic mass is 16.5. The fourth-order valence-electron chi connectivity index (χ4n) is 3.25. The van der Waals surface area contributed by atoms with Gasteiger partial charge in [0.2, 0.25) is 0 Å². The Morgan fingerprint density at radius 2 is 1.81 bits per heavy atom. The van der Waals surface area contributed by atoms with Gasteiger partial charge < -0.3 is 4.74 Å². The lowest BCUT2D eigenvalue weighted by atomic mass is 10.0. The van der Waals surface area contributed by atoms with Gasteiger partial charge >= 0.3 is 5.97 Å². The molecule has 0 bridgehead atoms. The molecular weight excluding hydrogens is 338 g/mol. The number of aryl methyl sites for hydroxylation is 1. The third-order valence-corrected chi connectivity index (χ3v) is 4.66. The molecule has 0 saturated carbocycles. The molecule has 0 aliphatic carbocycles. The second-order valence-electron chi connectivity index (χ2n) is 6.46. The molecule has 0 radical (unpaired) electrons. The number of ether oxygens (including phenoxy) is 1. The first-order chi connectivity index (χ1) is 13.1. The molecule has 0 fully saturated rings. The molecule has 5 heteroatoms. The van der Waals surface area contributed by atoms with Crippen LogP contribution in [0.2, 0.25) is 0 Å². The second-order valence-corrected chi connectivity index (χ2v) is 6.46. The number of hydrogen-bond donors (Lipinski definition) is 0. The summed E-state index contributed by atoms with van der Waals surface area (Å²) in [5.41, 5.74) is 5.84. The maximum Gasteiger partial charge on any atom is 0.338 e. The molecule has 4 aromatic rings. The van der Waals surface area contributed by atoms with Gasteiger partial charge in [-0.3, -0.25) is 0 Å². The number of rotatable bonds is 3. The van der Waals surface area contributed by atoms with E-state index in [-0.39, 0.29) is 5.97 Å². The summed E-state index contributed by atoms with van der Waals surface area (Å²) in [6.07, 6.45) is 1.78. The van der Waals surface area contributed by atoms with Crippen LogP contribution in [0.5, 0.6) is 0 Å². The van der Waals surface area contributed by atoms with Crippen LogP contribution in [0, 0.1) is 13.8 Å². The van der Waals surface area contributed by atoms with Crippen LogP contribution in [-0.4, -0.2) is 27.8 Å². The summed E-state index contributed by atoms with van der Waals surface area (Å²) in [5, 5.41) is 5.30. The third-order valence-electron chi connectivity index (χ3n) is 4.66. The van der Waals surface area contributed by atoms with E-state index >= 15 is 0 Å². The molecule has 2 aromatic carbocycles. The normalized spacial score (nSPS) is 10.9. The number of para-hydroxylation sites is 1. The third kappa shape index (κ3) is 2.97. The first-order valence-electron chi connectivity index (χ1n) is 8.68. The zero-order chi connectivity index (χ0) is 19.0. The van der Waals surface area contributed by atoms with Crippen molar-refractivity contribution in [1.82, 2.24) is 14.8 Å². The molecule has 0 saturated heterocycles. The molecule has 0 aliphatic heterocycles. The van der Waals surface area contributed by atoms with Crippen molar-refractivity contribution in [3.05, 3.63) is 77.6 Å². The van der Waals surface area contributed by atoms with Crippen molar-refractivity contribution in [3.63, 3.8) is 0 Å². The lowest BCUT2D eigenvalue weighted by Gasteiger charge is -2.10. The fourth-order valence-corrected chi connectivity index (χ4v) is 3.25. The maximum atomic E-state index is 12.4. The molecule has 2 aromatic heterocycles. The number of carbonyl (C=O) groups excluding carboxylic acids is 1. The summed E-state index contributed by atoms with van der Waals surface area (Å²) < 4.78 is 6.86. The topological polar surface area (TPSA) is 57.0 Å². The van der Waals surface area contributed by atoms with Gasteiger partial charge in [-0.05, 0) is 44.2 Å². The molecular formula is C22H19N3O2. The lowest BCUT2D eigenvalue weighted by molar-refractivity contribution is 0.0603. The van der Waals surface area contributed by atoms with E-state index in [1.807, 2.05) is 67.1 Å². The molecule has 0 atom stereocenters. The monoisotopic (exact) mass is 357 g/mol. The van der Waals surface area contributed by atoms with Crippen molar-refractivity contribution in [1.29, 1.82) is 0 Å². The first kappa shape index (κ1) is 17.0. The van der Waals surface area contributed by atoms with Crippen LogP contribution in [0.4, 0.5) is 0 Å². The van der Waals surface area contributed by atoms with Gasteiger partial charge in [-0.25, -0.2) is 14.5 Å². The minimum atomic E-state index is -0.373. The molecule has 134 valence electrons. The molecule has 2 heterocycles. The maximum absolute atomic E-state index is 12.4. The zero-order valence-corrected chi connectivity index (χ0v) is 15.4. The van der Waals surface area contributed by atoms with Gasteiger partial charge in [-0.15, -0.1) is 0 Å². The average molecular weight is 357 g/mol. The van der Waals surface area contributed by atoms with Gasteiger partial charge in [0.15, 0.2) is 0 Å². The minimum absolute atomic E-state index is 0.373. The van der Waals surface area contributed by atoms with Crippen LogP contribution in [0.25, 0.3) is 27.8 Å². The minimum Gasteiger partial charge on any atom is -0.465 e. The number of hydrogen-bond acceptors (Lipinski definition) is 4. The SMILES string of the molecule is COC(=O)c1cc(-c2cnn(-c3ccccc3)c2C)nc2ccc(C)cc12. The van der Waals surface area contributed by atoms with Crippen LogP contribution in [0.1, 0.15) is 21.6 Å². The van der Waals surface area contributed by atoms with Crippen LogP contribution in [0.3, 0.4) is 0 Å². The molecule has 4 rings (SSSR count). The van der Waals surface area contributed by atoms with E-state index in [0.717, 1.165) is 33.4 Å². The van der Waals surface area contributed by atoms with Crippen molar-refractivity contribution in [2.45, 2.75) is 13.8 Å². The molecule has 0 spiro atoms. The number of methoxy groups -OCH3 is 1. The van der Waals surface area contributed by atoms with Gasteiger partial charge in [0, 0.05) is 10.9 Å². The zero-order valence-electron chi connectivity index (χ0n) is 15.4. The Kier molecular flexibility index (Phi) is 4.20. The van der Waals surface area contributed by atoms with Gasteiger partial charge in [0.25, 0.3) is 0 Å². The van der Waals surface area contributed by atoms with Crippen LogP contribution in [-0.2, 0) is 4.74 Å². The van der Waals surface area contributed by atoms with Crippen LogP contribution < -0.4 is 0 Å². The molecule has 0 unspecified atom stereocenters. The van der Waals surface area contributed by atoms with Crippen molar-refractivity contribution in [2.75, 3.05) is 7.11 Å². The highest BCUT2D eigenvalue weighted by Crippen LogP contribution is 2.29. The summed E-state index contributed by atoms with van der Waals surface area (Å²) in [4.78, 5) is 17.1. The number of pyridine rings is 1. The number of esters is 1. The Bertz CT molecular complexity index is 1150. The average Bonchev–Trinajstić information content (AvgIpc) is 3.08. The van der Waals surface area contributed by atoms with Crippen molar-refractivity contribution >= 4 is 16.9 Å². The van der Waals surface area contributed by atoms with E-state index < -0.39 is 0 Å². The smallest absolute Gasteiger partial charge is 0.338 e. The van der Waals surface area contributed by atoms with E-state index in [2.05, 4.69) is 5.10 Å². The van der Waals surface area contributed by atoms with Crippen molar-refractivity contribution < 1.29 is 9.53 Å². The molecule has 27 heavy (non-hydrogen) atoms. The predicted octanol–water partition coefficient (Wildman–Crippen LogP) is 4.49. The molecule has 0 N–H and O–H groups in total. The Morgan fingerprint density at radius 3 is 2.56 bits per heavy atom. The Morgan fingerprint density at radius 1 is 1.04 bits per heavy atom. The first-order valence-corrected chi connectivity index (χ1v) is 8.68. The van der Waals surface area contributed by atoms with Crippen LogP contribution >= 0.6 is 0 Å². The summed E-state index contributed by atoms with van der Waals surface area (Å²) in [6, 6.07) is 17.6. The Hall–Kier alpha value is -3.47. The van der Waals surface area contributed by atoms with E-state index in [1.54, 1.807) is 12.3 Å². The van der Waals surface area contributed by atoms with E-state index in [1.165, 1.54) is 7.11 Å².